The fourth-order valence-electron chi connectivity index (χ4n) is 4.28. The van der Waals surface area contributed by atoms with E-state index in [1.54, 1.807) is 17.7 Å². The van der Waals surface area contributed by atoms with Crippen molar-refractivity contribution in [2.75, 3.05) is 24.6 Å². The van der Waals surface area contributed by atoms with Gasteiger partial charge in [-0.3, -0.25) is 4.79 Å². The molecule has 2 aromatic rings. The van der Waals surface area contributed by atoms with Gasteiger partial charge < -0.3 is 9.64 Å². The Bertz CT molecular complexity index is 831. The summed E-state index contributed by atoms with van der Waals surface area (Å²) in [4.78, 5) is 26.1. The van der Waals surface area contributed by atoms with Gasteiger partial charge in [0, 0.05) is 18.0 Å². The standard InChI is InChI=1S/C19H23N3O2S/c1-4-24-19(23)16-11(2)5-6-13-8-22(9-15(13)16)17-14-7-12(3)25-18(14)21-10-20-17/h5-7,10-11,13,15-16H,4,8-9H2,1-3H3/t11-,13-,15-,16-/m0/s1. The summed E-state index contributed by atoms with van der Waals surface area (Å²) in [5.74, 6) is 1.73. The second-order valence-corrected chi connectivity index (χ2v) is 8.26. The highest BCUT2D eigenvalue weighted by molar-refractivity contribution is 7.18. The zero-order chi connectivity index (χ0) is 17.6. The van der Waals surface area contributed by atoms with Crippen molar-refractivity contribution >= 4 is 33.3 Å². The second kappa shape index (κ2) is 6.41. The van der Waals surface area contributed by atoms with Crippen molar-refractivity contribution in [1.82, 2.24) is 9.97 Å². The van der Waals surface area contributed by atoms with Gasteiger partial charge in [-0.2, -0.15) is 0 Å². The topological polar surface area (TPSA) is 55.3 Å². The third-order valence-electron chi connectivity index (χ3n) is 5.39. The van der Waals surface area contributed by atoms with Gasteiger partial charge >= 0.3 is 5.97 Å². The molecule has 0 radical (unpaired) electrons. The van der Waals surface area contributed by atoms with Crippen molar-refractivity contribution in [2.24, 2.45) is 23.7 Å². The number of carbonyl (C=O) groups is 1. The largest absolute Gasteiger partial charge is 0.466 e. The van der Waals surface area contributed by atoms with Gasteiger partial charge in [-0.1, -0.05) is 19.1 Å². The molecule has 4 atom stereocenters. The van der Waals surface area contributed by atoms with Gasteiger partial charge in [0.05, 0.1) is 17.9 Å². The maximum absolute atomic E-state index is 12.5. The minimum absolute atomic E-state index is 0.0598. The van der Waals surface area contributed by atoms with E-state index in [9.17, 15) is 4.79 Å². The number of allylic oxidation sites excluding steroid dienone is 1. The molecule has 3 heterocycles. The highest BCUT2D eigenvalue weighted by Crippen LogP contribution is 2.42. The molecule has 0 aromatic carbocycles. The minimum atomic E-state index is -0.0681. The second-order valence-electron chi connectivity index (χ2n) is 7.03. The lowest BCUT2D eigenvalue weighted by Gasteiger charge is -2.31. The lowest BCUT2D eigenvalue weighted by atomic mass is 9.72. The van der Waals surface area contributed by atoms with Gasteiger partial charge in [0.2, 0.25) is 0 Å². The van der Waals surface area contributed by atoms with Crippen LogP contribution < -0.4 is 4.90 Å². The molecule has 2 aromatic heterocycles. The van der Waals surface area contributed by atoms with Gasteiger partial charge in [0.15, 0.2) is 0 Å². The van der Waals surface area contributed by atoms with E-state index in [2.05, 4.69) is 46.9 Å². The number of carbonyl (C=O) groups excluding carboxylic acids is 1. The Hall–Kier alpha value is -1.95. The number of nitrogens with zero attached hydrogens (tertiary/aromatic N) is 3. The first-order valence-corrected chi connectivity index (χ1v) is 9.71. The van der Waals surface area contributed by atoms with E-state index < -0.39 is 0 Å². The SMILES string of the molecule is CCOC(=O)[C@@H]1[C@H]2CN(c3ncnc4sc(C)cc34)C[C@@H]2C=C[C@@H]1C. The Morgan fingerprint density at radius 2 is 2.20 bits per heavy atom. The predicted molar refractivity (Wildman–Crippen MR) is 99.8 cm³/mol. The molecule has 0 spiro atoms. The summed E-state index contributed by atoms with van der Waals surface area (Å²) < 4.78 is 5.36. The van der Waals surface area contributed by atoms with Crippen LogP contribution in [0.25, 0.3) is 10.2 Å². The van der Waals surface area contributed by atoms with E-state index in [0.717, 1.165) is 29.1 Å². The Balaban J connectivity index is 1.65. The molecule has 1 saturated heterocycles. The van der Waals surface area contributed by atoms with Crippen LogP contribution in [-0.4, -0.2) is 35.6 Å². The first-order chi connectivity index (χ1) is 12.1. The quantitative estimate of drug-likeness (QED) is 0.622. The molecule has 6 heteroatoms. The van der Waals surface area contributed by atoms with Crippen LogP contribution in [0.4, 0.5) is 5.82 Å². The average molecular weight is 357 g/mol. The number of rotatable bonds is 3. The molecule has 132 valence electrons. The number of aromatic nitrogens is 2. The number of hydrogen-bond donors (Lipinski definition) is 0. The lowest BCUT2D eigenvalue weighted by Crippen LogP contribution is -2.37. The first kappa shape index (κ1) is 16.5. The molecule has 1 aliphatic carbocycles. The molecule has 0 bridgehead atoms. The Kier molecular flexibility index (Phi) is 4.23. The van der Waals surface area contributed by atoms with Crippen LogP contribution in [0.15, 0.2) is 24.5 Å². The molecule has 5 nitrogen and oxygen atoms in total. The van der Waals surface area contributed by atoms with Crippen LogP contribution in [0.3, 0.4) is 0 Å². The summed E-state index contributed by atoms with van der Waals surface area (Å²) in [5, 5.41) is 1.12. The highest BCUT2D eigenvalue weighted by Gasteiger charge is 2.45. The highest BCUT2D eigenvalue weighted by atomic mass is 32.1. The third kappa shape index (κ3) is 2.82. The number of ether oxygens (including phenoxy) is 1. The summed E-state index contributed by atoms with van der Waals surface area (Å²) >= 11 is 1.70. The van der Waals surface area contributed by atoms with E-state index in [1.165, 1.54) is 4.88 Å². The normalized spacial score (nSPS) is 28.4. The van der Waals surface area contributed by atoms with Crippen LogP contribution in [0.1, 0.15) is 18.7 Å². The van der Waals surface area contributed by atoms with Gasteiger partial charge in [-0.05, 0) is 37.7 Å². The maximum Gasteiger partial charge on any atom is 0.309 e. The Morgan fingerprint density at radius 1 is 1.36 bits per heavy atom. The van der Waals surface area contributed by atoms with Gasteiger partial charge in [-0.15, -0.1) is 11.3 Å². The lowest BCUT2D eigenvalue weighted by molar-refractivity contribution is -0.151. The van der Waals surface area contributed by atoms with Gasteiger partial charge in [0.25, 0.3) is 0 Å². The number of thiophene rings is 1. The molecule has 25 heavy (non-hydrogen) atoms. The van der Waals surface area contributed by atoms with Crippen LogP contribution in [-0.2, 0) is 9.53 Å². The zero-order valence-corrected chi connectivity index (χ0v) is 15.6. The van der Waals surface area contributed by atoms with Crippen LogP contribution in [0.5, 0.6) is 0 Å². The number of esters is 1. The van der Waals surface area contributed by atoms with Crippen LogP contribution in [0.2, 0.25) is 0 Å². The molecule has 0 saturated carbocycles. The monoisotopic (exact) mass is 357 g/mol. The van der Waals surface area contributed by atoms with E-state index in [-0.39, 0.29) is 23.7 Å². The van der Waals surface area contributed by atoms with Gasteiger partial charge in [0.1, 0.15) is 17.0 Å². The number of hydrogen-bond acceptors (Lipinski definition) is 6. The van der Waals surface area contributed by atoms with Crippen LogP contribution >= 0.6 is 11.3 Å². The fraction of sp³-hybridized carbons (Fsp3) is 0.526. The number of fused-ring (bicyclic) bond motifs is 2. The summed E-state index contributed by atoms with van der Waals surface area (Å²) in [7, 11) is 0. The van der Waals surface area contributed by atoms with E-state index in [0.29, 0.717) is 12.5 Å². The third-order valence-corrected chi connectivity index (χ3v) is 6.35. The molecule has 1 aliphatic heterocycles. The fourth-order valence-corrected chi connectivity index (χ4v) is 5.12. The molecule has 0 N–H and O–H groups in total. The minimum Gasteiger partial charge on any atom is -0.466 e. The molecular formula is C19H23N3O2S. The van der Waals surface area contributed by atoms with Crippen LogP contribution in [0, 0.1) is 30.6 Å². The summed E-state index contributed by atoms with van der Waals surface area (Å²) in [5.41, 5.74) is 0. The van der Waals surface area contributed by atoms with Crippen molar-refractivity contribution in [1.29, 1.82) is 0 Å². The summed E-state index contributed by atoms with van der Waals surface area (Å²) in [6.45, 7) is 8.25. The first-order valence-electron chi connectivity index (χ1n) is 8.89. The van der Waals surface area contributed by atoms with Crippen molar-refractivity contribution in [3.63, 3.8) is 0 Å². The smallest absolute Gasteiger partial charge is 0.309 e. The molecular weight excluding hydrogens is 334 g/mol. The zero-order valence-electron chi connectivity index (χ0n) is 14.8. The van der Waals surface area contributed by atoms with Gasteiger partial charge in [-0.25, -0.2) is 9.97 Å². The molecule has 1 fully saturated rings. The van der Waals surface area contributed by atoms with Crippen molar-refractivity contribution in [3.05, 3.63) is 29.4 Å². The summed E-state index contributed by atoms with van der Waals surface area (Å²) in [6, 6.07) is 2.17. The van der Waals surface area contributed by atoms with E-state index >= 15 is 0 Å². The molecule has 0 amide bonds. The predicted octanol–water partition coefficient (Wildman–Crippen LogP) is 3.44. The maximum atomic E-state index is 12.5. The Labute approximate surface area is 151 Å². The van der Waals surface area contributed by atoms with E-state index in [1.807, 2.05) is 6.92 Å². The van der Waals surface area contributed by atoms with Crippen molar-refractivity contribution < 1.29 is 9.53 Å². The molecule has 4 rings (SSSR count). The Morgan fingerprint density at radius 3 is 3.00 bits per heavy atom. The van der Waals surface area contributed by atoms with E-state index in [4.69, 9.17) is 4.74 Å². The number of anilines is 1. The molecule has 0 unspecified atom stereocenters. The molecule has 2 aliphatic rings. The average Bonchev–Trinajstić information content (AvgIpc) is 3.16. The number of aryl methyl sites for hydroxylation is 1. The summed E-state index contributed by atoms with van der Waals surface area (Å²) in [6.07, 6.45) is 6.11. The van der Waals surface area contributed by atoms with Crippen molar-refractivity contribution in [2.45, 2.75) is 20.8 Å². The van der Waals surface area contributed by atoms with Crippen molar-refractivity contribution in [3.8, 4) is 0 Å².